The number of nitro groups is 1. The van der Waals surface area contributed by atoms with Gasteiger partial charge in [0.1, 0.15) is 0 Å². The van der Waals surface area contributed by atoms with Crippen LogP contribution < -0.4 is 72.2 Å². The molecule has 0 fully saturated rings. The van der Waals surface area contributed by atoms with Crippen LogP contribution in [0.15, 0.2) is 223 Å². The second-order valence-electron chi connectivity index (χ2n) is 24.7. The van der Waals surface area contributed by atoms with Crippen LogP contribution in [0.1, 0.15) is 93.0 Å². The number of ether oxygens (including phenoxy) is 2. The summed E-state index contributed by atoms with van der Waals surface area (Å²) in [6.45, 7) is 2.07. The molecule has 0 radical (unpaired) electrons. The van der Waals surface area contributed by atoms with E-state index < -0.39 is 238 Å². The number of carbonyl (C=O) groups excluding carboxylic acids is 4. The van der Waals surface area contributed by atoms with Crippen LogP contribution in [0, 0.1) is 10.1 Å². The van der Waals surface area contributed by atoms with Crippen molar-refractivity contribution in [1.82, 2.24) is 5.32 Å². The average molecular weight is 2890 g/mol. The van der Waals surface area contributed by atoms with Crippen LogP contribution >= 0.6 is 0 Å². The quantitative estimate of drug-likeness (QED) is 0.00316. The van der Waals surface area contributed by atoms with Crippen molar-refractivity contribution in [2.24, 2.45) is 5.73 Å². The summed E-state index contributed by atoms with van der Waals surface area (Å²) < 4.78 is 271. The van der Waals surface area contributed by atoms with E-state index in [4.69, 9.17) is 102 Å². The topological polar surface area (TPSA) is 894 Å². The maximum absolute atomic E-state index is 11.4. The number of esters is 2. The van der Waals surface area contributed by atoms with Gasteiger partial charge in [-0.15, -0.1) is 0 Å². The molecule has 0 aliphatic rings. The van der Waals surface area contributed by atoms with Crippen LogP contribution in [-0.2, 0) is 74.1 Å². The molecule has 0 atom stereocenters. The molecule has 718 valence electrons. The zero-order chi connectivity index (χ0) is 101. The first-order valence-corrected chi connectivity index (χ1v) is 77.3. The van der Waals surface area contributed by atoms with E-state index in [2.05, 4.69) is 19.4 Å². The number of carboxylic acids is 4. The molecule has 133 heavy (non-hydrogen) atoms. The number of nitrogens with zero attached hydrogens (tertiary/aromatic N) is 1. The van der Waals surface area contributed by atoms with Gasteiger partial charge in [0.15, 0.2) is 0 Å². The average Bonchev–Trinajstić information content (AvgIpc) is 0.785. The summed E-state index contributed by atoms with van der Waals surface area (Å²) in [7, 11) is 1.21. The summed E-state index contributed by atoms with van der Waals surface area (Å²) in [5.41, 5.74) is 5.22. The third kappa shape index (κ3) is 51.9. The molecular formula is C72H83N3NaO47SSb9+2. The molecule has 0 spiro atoms. The van der Waals surface area contributed by atoms with E-state index >= 15 is 0 Å². The summed E-state index contributed by atoms with van der Waals surface area (Å²) in [5.74, 6) is -6.94. The van der Waals surface area contributed by atoms with Gasteiger partial charge in [-0.25, -0.2) is 0 Å². The van der Waals surface area contributed by atoms with Gasteiger partial charge in [0.2, 0.25) is 0 Å². The Morgan fingerprint density at radius 1 is 0.444 bits per heavy atom. The third-order valence-corrected chi connectivity index (χ3v) is 40.2. The molecule has 0 unspecified atom stereocenters. The Labute approximate surface area is 821 Å². The molecule has 0 aromatic heterocycles. The summed E-state index contributed by atoms with van der Waals surface area (Å²) in [6.07, 6.45) is 3.91. The number of aromatic carboxylic acids is 3. The molecule has 0 aliphatic heterocycles. The number of methoxy groups -OCH3 is 1. The molecule has 0 saturated heterocycles. The number of aliphatic hydroxyl groups excluding tert-OH is 1. The molecular weight excluding hydrogens is 2810 g/mol. The van der Waals surface area contributed by atoms with E-state index in [0.29, 0.717) is 42.4 Å². The Morgan fingerprint density at radius 2 is 0.797 bits per heavy atom. The summed E-state index contributed by atoms with van der Waals surface area (Å²) in [6, 6.07) is 45.1. The fourth-order valence-electron chi connectivity index (χ4n) is 8.79. The van der Waals surface area contributed by atoms with Gasteiger partial charge in [-0.1, -0.05) is 0 Å². The zero-order valence-electron chi connectivity index (χ0n) is 68.2. The minimum absolute atomic E-state index is 0. The fraction of sp³-hybridized carbons (Fsp3) is 0.111. The van der Waals surface area contributed by atoms with E-state index in [1.165, 1.54) is 159 Å². The van der Waals surface area contributed by atoms with Crippen LogP contribution in [0.5, 0.6) is 0 Å². The van der Waals surface area contributed by atoms with E-state index in [9.17, 15) is 75.6 Å². The SMILES string of the molecule is CCOC(=O)CCCc1cc[c]([Sb](=[O])([OH])[OH])cc1.COC(=O)c1ccc[c]([Sb](=[O])([OH])[OH])c1.NC(=O)c1ccc[c]([Sb](=[O])([OH])[OH])c1.O=C(NCCO)c1ccc[c]([Sb](=[O])([OH])[OH])c1.O=C(O)/C=C\c1ccc[c]([Sb](=[O])([OH])[OH])c1.O=C(O)c1cc[c]([Sb](=[O])([OH])[OH])cc1.O=C(O)c1cc[c]([Sb](=[O])([OH])[OH])cc1[N+](=O)[O-].O=C(O)c1ccc[c]([Sb](=[O])([OH])[OH])c1.[Na+].[O]=[Sb]([OH])([OH])[c]1ccc([SH+]OOO)cc1. The number of hydrogen-bond donors (Lipinski definition) is 26. The molecule has 0 saturated carbocycles. The first-order chi connectivity index (χ1) is 60.7. The van der Waals surface area contributed by atoms with Crippen molar-refractivity contribution in [1.29, 1.82) is 0 Å². The van der Waals surface area contributed by atoms with Gasteiger partial charge in [0, 0.05) is 0 Å². The van der Waals surface area contributed by atoms with E-state index in [-0.39, 0.29) is 117 Å². The van der Waals surface area contributed by atoms with Crippen molar-refractivity contribution in [3.05, 3.63) is 273 Å². The zero-order valence-corrected chi connectivity index (χ0v) is 94.1. The van der Waals surface area contributed by atoms with Gasteiger partial charge in [0.05, 0.1) is 0 Å². The summed E-state index contributed by atoms with van der Waals surface area (Å²) in [5, 5.41) is 66.7. The molecule has 9 aromatic rings. The molecule has 2 amide bonds. The fourth-order valence-corrected chi connectivity index (χ4v) is 23.8. The molecule has 0 bridgehead atoms. The van der Waals surface area contributed by atoms with Crippen molar-refractivity contribution in [2.75, 3.05) is 26.9 Å². The number of aryl methyl sites for hydroxylation is 1. The van der Waals surface area contributed by atoms with Crippen molar-refractivity contribution >= 4 is 280 Å². The Kier molecular flexibility index (Phi) is 57.3. The number of nitrogens with two attached hydrogens (primary N) is 1. The number of thiol groups is 1. The number of aliphatic carboxylic acids is 1. The van der Waals surface area contributed by atoms with Gasteiger partial charge in [-0.05, 0) is 0 Å². The second kappa shape index (κ2) is 60.0. The minimum atomic E-state index is -5.54. The summed E-state index contributed by atoms with van der Waals surface area (Å²) >= 11 is -46.5. The van der Waals surface area contributed by atoms with Crippen molar-refractivity contribution in [3.8, 4) is 0 Å². The Bertz CT molecular complexity index is 5890. The van der Waals surface area contributed by atoms with Gasteiger partial charge >= 0.3 is 832 Å². The van der Waals surface area contributed by atoms with Gasteiger partial charge < -0.3 is 0 Å². The second-order valence-corrected chi connectivity index (χ2v) is 66.8. The maximum atomic E-state index is 11.4. The van der Waals surface area contributed by atoms with Crippen LogP contribution in [0.2, 0.25) is 0 Å². The number of carbonyl (C=O) groups is 8. The summed E-state index contributed by atoms with van der Waals surface area (Å²) in [4.78, 5) is 95.9. The molecule has 9 aromatic carbocycles. The first kappa shape index (κ1) is 127. The van der Waals surface area contributed by atoms with E-state index in [1.807, 2.05) is 0 Å². The Morgan fingerprint density at radius 3 is 1.17 bits per heavy atom. The molecule has 0 heterocycles. The van der Waals surface area contributed by atoms with Crippen molar-refractivity contribution in [3.63, 3.8) is 0 Å². The predicted octanol–water partition coefficient (Wildman–Crippen LogP) is -12.7. The number of nitrogens with one attached hydrogen (secondary N) is 1. The van der Waals surface area contributed by atoms with Crippen LogP contribution in [-0.4, -0.2) is 348 Å². The van der Waals surface area contributed by atoms with Crippen molar-refractivity contribution in [2.45, 2.75) is 31.1 Å². The Hall–Kier alpha value is -6.09. The third-order valence-electron chi connectivity index (χ3n) is 14.9. The monoisotopic (exact) mass is 2880 g/mol. The number of nitro benzene ring substituents is 1. The number of carboxylic acid groups (broad SMARTS) is 4. The van der Waals surface area contributed by atoms with Gasteiger partial charge in [-0.2, -0.15) is 0 Å². The molecule has 0 aliphatic carbocycles. The normalized spacial score (nSPS) is 11.2. The van der Waals surface area contributed by atoms with Crippen LogP contribution in [0.4, 0.5) is 5.69 Å². The number of hydrogen-bond acceptors (Lipinski definition) is 25. The van der Waals surface area contributed by atoms with Crippen LogP contribution in [0.3, 0.4) is 0 Å². The Balaban J connectivity index is 0.00000148. The van der Waals surface area contributed by atoms with E-state index in [1.54, 1.807) is 25.1 Å². The number of aliphatic hydroxyl groups is 1. The standard InChI is InChI=1S/C12H15O2.C9H10NO2.C9H7O2.C8H7O2.C7H4NO4.C7H6NO.2C7H5O2.C6H5O3S.Na.18H2O.9O.9Sb/c1-2-14-12(13)10-6-9-11-7-4-3-5-8-11;11-7-6-10-9(12)8-4-2-1-3-5-8;10-9(11)7-6-8-4-2-1-3-5-8;1-10-8(9)7-5-3-2-4-6-7;9-7(10)5-3-1-2-4-6(5)8(11)12;3*8-7(9)6-4-2-1-3-5-6;7-8-9-10-6-4-2-1-3-5-6;;;;;;;;;;;;;;;;;;;;;;;;;;;;;;;;;;;;;/h4-5,7-8H,2,6,9-10H2,1H3;1-2,4-5,11H,6-7H2,(H,10,12);1-2,4-7H,(H,10,11);2-3,5-6H,1H3;1,3-4H,(H,9,10);1-2,4-5H,(H2,8,9);2-5H,(H,8,9);1-2,4-5H,(H,8,9);2-5,7H;;18*1H2;;;;;;;;;;;;;;;;;;/q;;;;;;;;;+1;;;;;;;;;;;;;;;;;;;;;;;;;;;;9*+2/p-17/b;;7-6-;;;;;;;;;;;;;;;;;;;;;;;;;;;;;;;;;;;;;;;;;;;. The van der Waals surface area contributed by atoms with Crippen LogP contribution in [0.25, 0.3) is 6.08 Å². The van der Waals surface area contributed by atoms with Crippen molar-refractivity contribution < 1.29 is 211 Å². The predicted molar refractivity (Wildman–Crippen MR) is 457 cm³/mol. The number of amides is 2. The van der Waals surface area contributed by atoms with Gasteiger partial charge in [0.25, 0.3) is 0 Å². The van der Waals surface area contributed by atoms with E-state index in [0.717, 1.165) is 54.1 Å². The molecule has 61 heteroatoms. The number of primary amides is 1. The first-order valence-electron chi connectivity index (χ1n) is 35.1. The number of rotatable bonds is 28. The molecule has 27 N–H and O–H groups in total. The molecule has 9 rings (SSSR count). The molecule has 50 nitrogen and oxygen atoms in total. The van der Waals surface area contributed by atoms with Gasteiger partial charge in [-0.3, -0.25) is 0 Å². The number of benzene rings is 9.